The second kappa shape index (κ2) is 11.8. The van der Waals surface area contributed by atoms with Crippen LogP contribution in [0.4, 0.5) is 5.69 Å². The Kier molecular flexibility index (Phi) is 8.84. The van der Waals surface area contributed by atoms with Crippen molar-refractivity contribution in [1.29, 1.82) is 0 Å². The normalized spacial score (nSPS) is 14.7. The van der Waals surface area contributed by atoms with Crippen molar-refractivity contribution in [3.8, 4) is 11.5 Å². The van der Waals surface area contributed by atoms with Crippen LogP contribution in [0.5, 0.6) is 11.5 Å². The Morgan fingerprint density at radius 3 is 2.32 bits per heavy atom. The number of rotatable bonds is 6. The van der Waals surface area contributed by atoms with Crippen molar-refractivity contribution in [2.75, 3.05) is 12.0 Å². The van der Waals surface area contributed by atoms with Crippen molar-refractivity contribution in [3.63, 3.8) is 0 Å². The van der Waals surface area contributed by atoms with Gasteiger partial charge in [-0.2, -0.15) is 0 Å². The average molecular weight is 699 g/mol. The Morgan fingerprint density at radius 2 is 1.68 bits per heavy atom. The number of benzene rings is 3. The number of ether oxygens (including phenoxy) is 2. The highest BCUT2D eigenvalue weighted by Crippen LogP contribution is 2.44. The van der Waals surface area contributed by atoms with Crippen LogP contribution in [0, 0.1) is 13.8 Å². The van der Waals surface area contributed by atoms with E-state index in [0.29, 0.717) is 41.7 Å². The molecule has 3 aromatic carbocycles. The topological polar surface area (TPSA) is 67.9 Å². The van der Waals surface area contributed by atoms with Gasteiger partial charge in [-0.15, -0.1) is 0 Å². The number of hydrogen-bond donors (Lipinski definition) is 1. The molecule has 0 unspecified atom stereocenters. The van der Waals surface area contributed by atoms with Crippen LogP contribution in [0.25, 0.3) is 6.08 Å². The van der Waals surface area contributed by atoms with Gasteiger partial charge in [0, 0.05) is 4.47 Å². The van der Waals surface area contributed by atoms with E-state index in [1.165, 1.54) is 18.1 Å². The first-order chi connectivity index (χ1) is 18.0. The summed E-state index contributed by atoms with van der Waals surface area (Å²) >= 11 is 24.5. The van der Waals surface area contributed by atoms with Crippen molar-refractivity contribution in [3.05, 3.63) is 89.3 Å². The van der Waals surface area contributed by atoms with Crippen LogP contribution >= 0.6 is 67.3 Å². The number of hydrogen-bond acceptors (Lipinski definition) is 5. The lowest BCUT2D eigenvalue weighted by Gasteiger charge is -2.29. The van der Waals surface area contributed by atoms with E-state index in [4.69, 9.17) is 44.9 Å². The zero-order chi connectivity index (χ0) is 27.7. The van der Waals surface area contributed by atoms with Crippen LogP contribution in [-0.2, 0) is 16.2 Å². The number of halogens is 4. The van der Waals surface area contributed by atoms with Crippen LogP contribution < -0.4 is 19.7 Å². The molecule has 196 valence electrons. The van der Waals surface area contributed by atoms with E-state index in [0.717, 1.165) is 16.7 Å². The number of anilines is 1. The molecule has 38 heavy (non-hydrogen) atoms. The third-order valence-electron chi connectivity index (χ3n) is 5.61. The summed E-state index contributed by atoms with van der Waals surface area (Å²) in [6, 6.07) is 12.5. The van der Waals surface area contributed by atoms with Crippen LogP contribution in [0.2, 0.25) is 10.0 Å². The second-order valence-corrected chi connectivity index (χ2v) is 11.3. The van der Waals surface area contributed by atoms with Crippen LogP contribution in [0.3, 0.4) is 0 Å². The molecule has 0 spiro atoms. The zero-order valence-corrected chi connectivity index (χ0v) is 25.8. The molecule has 1 saturated heterocycles. The van der Waals surface area contributed by atoms with E-state index in [9.17, 15) is 9.59 Å². The molecule has 1 fully saturated rings. The Morgan fingerprint density at radius 1 is 1.00 bits per heavy atom. The lowest BCUT2D eigenvalue weighted by molar-refractivity contribution is -0.122. The molecule has 0 radical (unpaired) electrons. The van der Waals surface area contributed by atoms with Crippen LogP contribution in [0.15, 0.2) is 57.0 Å². The molecule has 0 bridgehead atoms. The molecule has 1 heterocycles. The van der Waals surface area contributed by atoms with Gasteiger partial charge < -0.3 is 9.47 Å². The highest BCUT2D eigenvalue weighted by Gasteiger charge is 2.35. The van der Waals surface area contributed by atoms with Gasteiger partial charge in [-0.05, 0) is 117 Å². The lowest BCUT2D eigenvalue weighted by atomic mass is 10.1. The van der Waals surface area contributed by atoms with Gasteiger partial charge in [0.05, 0.1) is 27.3 Å². The number of amides is 2. The average Bonchev–Trinajstić information content (AvgIpc) is 2.84. The predicted octanol–water partition coefficient (Wildman–Crippen LogP) is 7.55. The zero-order valence-electron chi connectivity index (χ0n) is 20.3. The summed E-state index contributed by atoms with van der Waals surface area (Å²) in [5.41, 5.74) is 3.74. The Hall–Kier alpha value is -2.43. The molecule has 2 amide bonds. The predicted molar refractivity (Wildman–Crippen MR) is 161 cm³/mol. The molecular formula is C27H20Br2Cl2N2O4S. The van der Waals surface area contributed by atoms with Crippen molar-refractivity contribution < 1.29 is 19.1 Å². The number of nitrogens with one attached hydrogen (secondary N) is 1. The first kappa shape index (κ1) is 28.6. The maximum atomic E-state index is 13.5. The Bertz CT molecular complexity index is 1510. The van der Waals surface area contributed by atoms with Gasteiger partial charge in [-0.3, -0.25) is 19.8 Å². The first-order valence-electron chi connectivity index (χ1n) is 11.1. The molecule has 0 aliphatic carbocycles. The van der Waals surface area contributed by atoms with Crippen LogP contribution in [0.1, 0.15) is 22.3 Å². The number of aryl methyl sites for hydroxylation is 2. The minimum Gasteiger partial charge on any atom is -0.493 e. The summed E-state index contributed by atoms with van der Waals surface area (Å²) in [6.07, 6.45) is 1.48. The second-order valence-electron chi connectivity index (χ2n) is 8.47. The van der Waals surface area contributed by atoms with Gasteiger partial charge >= 0.3 is 0 Å². The van der Waals surface area contributed by atoms with E-state index in [-0.39, 0.29) is 17.3 Å². The molecule has 1 aliphatic heterocycles. The fourth-order valence-corrected chi connectivity index (χ4v) is 5.46. The van der Waals surface area contributed by atoms with Gasteiger partial charge in [-0.1, -0.05) is 35.3 Å². The molecule has 0 saturated carbocycles. The molecule has 1 aliphatic rings. The summed E-state index contributed by atoms with van der Waals surface area (Å²) in [5.74, 6) is -0.323. The first-order valence-corrected chi connectivity index (χ1v) is 13.9. The summed E-state index contributed by atoms with van der Waals surface area (Å²) in [4.78, 5) is 27.7. The smallest absolute Gasteiger partial charge is 0.270 e. The van der Waals surface area contributed by atoms with Gasteiger partial charge in [0.1, 0.15) is 12.2 Å². The van der Waals surface area contributed by atoms with Gasteiger partial charge in [-0.25, -0.2) is 0 Å². The Labute approximate surface area is 252 Å². The minimum atomic E-state index is -0.595. The quantitative estimate of drug-likeness (QED) is 0.164. The Balaban J connectivity index is 1.70. The van der Waals surface area contributed by atoms with Gasteiger partial charge in [0.15, 0.2) is 16.6 Å². The highest BCUT2D eigenvalue weighted by molar-refractivity contribution is 9.13. The molecular weight excluding hydrogens is 679 g/mol. The molecule has 0 aromatic heterocycles. The highest BCUT2D eigenvalue weighted by atomic mass is 79.9. The number of thiocarbonyl (C=S) groups is 1. The van der Waals surface area contributed by atoms with Crippen molar-refractivity contribution in [2.45, 2.75) is 20.5 Å². The monoisotopic (exact) mass is 696 g/mol. The number of carbonyl (C=O) groups is 2. The third-order valence-corrected chi connectivity index (χ3v) is 8.78. The van der Waals surface area contributed by atoms with Gasteiger partial charge in [0.25, 0.3) is 11.8 Å². The SMILES string of the molecule is COc1cc(/C=C2\C(=O)NC(=S)N(c3cc(C)cc(C)c3)C2=O)c(Br)c(Br)c1OCc1ccc(Cl)c(Cl)c1. The number of nitrogens with zero attached hydrogens (tertiary/aromatic N) is 1. The van der Waals surface area contributed by atoms with Crippen molar-refractivity contribution in [2.24, 2.45) is 0 Å². The standard InChI is InChI=1S/C27H20Br2Cl2N2O4S/c1-13-6-14(2)8-17(7-13)33-26(35)18(25(34)32-27(33)38)10-16-11-21(36-3)24(23(29)22(16)28)37-12-15-4-5-19(30)20(31)9-15/h4-11H,12H2,1-3H3,(H,32,34,38)/b18-10+. The number of methoxy groups -OCH3 is 1. The third kappa shape index (κ3) is 5.92. The molecule has 1 N–H and O–H groups in total. The fourth-order valence-electron chi connectivity index (χ4n) is 3.91. The summed E-state index contributed by atoms with van der Waals surface area (Å²) < 4.78 is 12.7. The van der Waals surface area contributed by atoms with E-state index in [1.807, 2.05) is 38.1 Å². The molecule has 11 heteroatoms. The summed E-state index contributed by atoms with van der Waals surface area (Å²) in [6.45, 7) is 4.05. The van der Waals surface area contributed by atoms with Gasteiger partial charge in [0.2, 0.25) is 0 Å². The van der Waals surface area contributed by atoms with E-state index < -0.39 is 11.8 Å². The molecule has 4 rings (SSSR count). The van der Waals surface area contributed by atoms with Crippen molar-refractivity contribution >= 4 is 96.0 Å². The largest absolute Gasteiger partial charge is 0.493 e. The summed E-state index contributed by atoms with van der Waals surface area (Å²) in [5, 5.41) is 3.51. The summed E-state index contributed by atoms with van der Waals surface area (Å²) in [7, 11) is 1.50. The van der Waals surface area contributed by atoms with E-state index in [2.05, 4.69) is 37.2 Å². The lowest BCUT2D eigenvalue weighted by Crippen LogP contribution is -2.54. The van der Waals surface area contributed by atoms with E-state index in [1.54, 1.807) is 18.2 Å². The van der Waals surface area contributed by atoms with E-state index >= 15 is 0 Å². The molecule has 6 nitrogen and oxygen atoms in total. The maximum Gasteiger partial charge on any atom is 0.270 e. The molecule has 3 aromatic rings. The fraction of sp³-hybridized carbons (Fsp3) is 0.148. The molecule has 0 atom stereocenters. The minimum absolute atomic E-state index is 0.0195. The van der Waals surface area contributed by atoms with Crippen LogP contribution in [-0.4, -0.2) is 24.0 Å². The maximum absolute atomic E-state index is 13.5. The number of carbonyl (C=O) groups excluding carboxylic acids is 2. The van der Waals surface area contributed by atoms with Crippen molar-refractivity contribution in [1.82, 2.24) is 5.32 Å².